The molecule has 1 saturated heterocycles. The molecule has 1 heterocycles. The molecule has 0 bridgehead atoms. The fraction of sp³-hybridized carbons (Fsp3) is 0.562. The van der Waals surface area contributed by atoms with E-state index < -0.39 is 0 Å². The third-order valence-corrected chi connectivity index (χ3v) is 3.85. The van der Waals surface area contributed by atoms with Crippen molar-refractivity contribution < 1.29 is 4.79 Å². The van der Waals surface area contributed by atoms with Crippen LogP contribution >= 0.6 is 12.4 Å². The van der Waals surface area contributed by atoms with E-state index in [0.717, 1.165) is 25.9 Å². The van der Waals surface area contributed by atoms with Crippen LogP contribution in [0.25, 0.3) is 0 Å². The number of hydrogen-bond donors (Lipinski definition) is 1. The van der Waals surface area contributed by atoms with Crippen LogP contribution < -0.4 is 5.73 Å². The number of hydrogen-bond acceptors (Lipinski definition) is 2. The summed E-state index contributed by atoms with van der Waals surface area (Å²) in [6.45, 7) is 5.93. The van der Waals surface area contributed by atoms with Gasteiger partial charge in [-0.3, -0.25) is 4.79 Å². The number of benzene rings is 1. The van der Waals surface area contributed by atoms with Crippen molar-refractivity contribution in [1.82, 2.24) is 4.90 Å². The highest BCUT2D eigenvalue weighted by Crippen LogP contribution is 2.16. The molecule has 1 aliphatic heterocycles. The summed E-state index contributed by atoms with van der Waals surface area (Å²) < 4.78 is 0. The Morgan fingerprint density at radius 2 is 2.00 bits per heavy atom. The second-order valence-electron chi connectivity index (χ2n) is 5.78. The molecule has 2 rings (SSSR count). The van der Waals surface area contributed by atoms with Crippen LogP contribution in [0.3, 0.4) is 0 Å². The lowest BCUT2D eigenvalue weighted by Crippen LogP contribution is -2.31. The van der Waals surface area contributed by atoms with Crippen LogP contribution in [-0.4, -0.2) is 29.9 Å². The molecular weight excluding hydrogens is 272 g/mol. The van der Waals surface area contributed by atoms with Crippen molar-refractivity contribution in [3.8, 4) is 0 Å². The third-order valence-electron chi connectivity index (χ3n) is 3.85. The SMILES string of the molecule is CC(C)c1ccc(CCC(=O)N2CC[C@@H](N)C2)cc1.Cl. The summed E-state index contributed by atoms with van der Waals surface area (Å²) in [6.07, 6.45) is 2.35. The minimum absolute atomic E-state index is 0. The molecule has 3 nitrogen and oxygen atoms in total. The number of carbonyl (C=O) groups is 1. The fourth-order valence-corrected chi connectivity index (χ4v) is 2.49. The third kappa shape index (κ3) is 4.50. The van der Waals surface area contributed by atoms with Crippen LogP contribution in [0.1, 0.15) is 43.7 Å². The van der Waals surface area contributed by atoms with Crippen molar-refractivity contribution in [2.24, 2.45) is 5.73 Å². The Morgan fingerprint density at radius 1 is 1.35 bits per heavy atom. The van der Waals surface area contributed by atoms with E-state index in [1.807, 2.05) is 4.90 Å². The van der Waals surface area contributed by atoms with Gasteiger partial charge < -0.3 is 10.6 Å². The van der Waals surface area contributed by atoms with Crippen molar-refractivity contribution >= 4 is 18.3 Å². The summed E-state index contributed by atoms with van der Waals surface area (Å²) in [5.41, 5.74) is 8.41. The van der Waals surface area contributed by atoms with E-state index in [1.54, 1.807) is 0 Å². The zero-order valence-corrected chi connectivity index (χ0v) is 13.2. The highest BCUT2D eigenvalue weighted by Gasteiger charge is 2.22. The van der Waals surface area contributed by atoms with Crippen LogP contribution in [0.5, 0.6) is 0 Å². The molecule has 112 valence electrons. The molecule has 0 spiro atoms. The predicted molar refractivity (Wildman–Crippen MR) is 85.3 cm³/mol. The van der Waals surface area contributed by atoms with Gasteiger partial charge in [0.2, 0.25) is 5.91 Å². The van der Waals surface area contributed by atoms with Crippen LogP contribution in [0.4, 0.5) is 0 Å². The van der Waals surface area contributed by atoms with Crippen molar-refractivity contribution in [1.29, 1.82) is 0 Å². The molecule has 0 unspecified atom stereocenters. The molecule has 4 heteroatoms. The number of nitrogens with zero attached hydrogens (tertiary/aromatic N) is 1. The maximum atomic E-state index is 12.0. The molecule has 1 aliphatic rings. The maximum absolute atomic E-state index is 12.0. The van der Waals surface area contributed by atoms with Gasteiger partial charge in [-0.15, -0.1) is 12.4 Å². The normalized spacial score (nSPS) is 18.2. The molecule has 1 atom stereocenters. The lowest BCUT2D eigenvalue weighted by molar-refractivity contribution is -0.130. The first-order chi connectivity index (χ1) is 9.06. The van der Waals surface area contributed by atoms with Crippen molar-refractivity contribution in [2.45, 2.75) is 45.1 Å². The molecule has 1 aromatic carbocycles. The summed E-state index contributed by atoms with van der Waals surface area (Å²) in [5.74, 6) is 0.794. The van der Waals surface area contributed by atoms with Crippen molar-refractivity contribution in [3.63, 3.8) is 0 Å². The first kappa shape index (κ1) is 17.0. The van der Waals surface area contributed by atoms with Gasteiger partial charge in [-0.05, 0) is 29.9 Å². The Hall–Kier alpha value is -1.06. The zero-order valence-electron chi connectivity index (χ0n) is 12.3. The van der Waals surface area contributed by atoms with Gasteiger partial charge >= 0.3 is 0 Å². The number of halogens is 1. The van der Waals surface area contributed by atoms with Gasteiger partial charge in [-0.1, -0.05) is 38.1 Å². The Labute approximate surface area is 127 Å². The lowest BCUT2D eigenvalue weighted by Gasteiger charge is -2.15. The minimum atomic E-state index is 0. The predicted octanol–water partition coefficient (Wildman–Crippen LogP) is 2.72. The Balaban J connectivity index is 0.00000200. The minimum Gasteiger partial charge on any atom is -0.341 e. The van der Waals surface area contributed by atoms with E-state index in [2.05, 4.69) is 38.1 Å². The quantitative estimate of drug-likeness (QED) is 0.928. The van der Waals surface area contributed by atoms with Gasteiger partial charge in [0.05, 0.1) is 0 Å². The van der Waals surface area contributed by atoms with Gasteiger partial charge in [0.25, 0.3) is 0 Å². The number of amides is 1. The molecule has 0 radical (unpaired) electrons. The number of likely N-dealkylation sites (tertiary alicyclic amines) is 1. The molecule has 0 saturated carbocycles. The Bertz CT molecular complexity index is 431. The molecule has 1 amide bonds. The molecule has 2 N–H and O–H groups in total. The van der Waals surface area contributed by atoms with E-state index in [0.29, 0.717) is 12.3 Å². The van der Waals surface area contributed by atoms with E-state index in [1.165, 1.54) is 11.1 Å². The number of aryl methyl sites for hydroxylation is 1. The molecular formula is C16H25ClN2O. The first-order valence-corrected chi connectivity index (χ1v) is 7.18. The lowest BCUT2D eigenvalue weighted by atomic mass is 10.0. The number of rotatable bonds is 4. The van der Waals surface area contributed by atoms with Crippen LogP contribution in [0.2, 0.25) is 0 Å². The summed E-state index contributed by atoms with van der Waals surface area (Å²) in [4.78, 5) is 13.9. The monoisotopic (exact) mass is 296 g/mol. The van der Waals surface area contributed by atoms with Gasteiger partial charge in [-0.25, -0.2) is 0 Å². The van der Waals surface area contributed by atoms with Crippen LogP contribution in [0, 0.1) is 0 Å². The Morgan fingerprint density at radius 3 is 2.50 bits per heavy atom. The molecule has 0 aliphatic carbocycles. The summed E-state index contributed by atoms with van der Waals surface area (Å²) in [7, 11) is 0. The van der Waals surface area contributed by atoms with Gasteiger partial charge in [0.15, 0.2) is 0 Å². The van der Waals surface area contributed by atoms with Crippen LogP contribution in [-0.2, 0) is 11.2 Å². The summed E-state index contributed by atoms with van der Waals surface area (Å²) >= 11 is 0. The van der Waals surface area contributed by atoms with Crippen LogP contribution in [0.15, 0.2) is 24.3 Å². The fourth-order valence-electron chi connectivity index (χ4n) is 2.49. The van der Waals surface area contributed by atoms with E-state index >= 15 is 0 Å². The number of nitrogens with two attached hydrogens (primary N) is 1. The highest BCUT2D eigenvalue weighted by molar-refractivity contribution is 5.85. The summed E-state index contributed by atoms with van der Waals surface area (Å²) in [5, 5.41) is 0. The molecule has 20 heavy (non-hydrogen) atoms. The smallest absolute Gasteiger partial charge is 0.222 e. The van der Waals surface area contributed by atoms with E-state index in [9.17, 15) is 4.79 Å². The molecule has 1 fully saturated rings. The van der Waals surface area contributed by atoms with Gasteiger partial charge in [0, 0.05) is 25.6 Å². The Kier molecular flexibility index (Phi) is 6.50. The first-order valence-electron chi connectivity index (χ1n) is 7.18. The van der Waals surface area contributed by atoms with Gasteiger partial charge in [-0.2, -0.15) is 0 Å². The van der Waals surface area contributed by atoms with Crippen molar-refractivity contribution in [2.75, 3.05) is 13.1 Å². The largest absolute Gasteiger partial charge is 0.341 e. The van der Waals surface area contributed by atoms with Gasteiger partial charge in [0.1, 0.15) is 0 Å². The second-order valence-corrected chi connectivity index (χ2v) is 5.78. The van der Waals surface area contributed by atoms with E-state index in [-0.39, 0.29) is 24.4 Å². The van der Waals surface area contributed by atoms with Crippen molar-refractivity contribution in [3.05, 3.63) is 35.4 Å². The summed E-state index contributed by atoms with van der Waals surface area (Å²) in [6, 6.07) is 8.78. The topological polar surface area (TPSA) is 46.3 Å². The standard InChI is InChI=1S/C16H24N2O.ClH/c1-12(2)14-6-3-13(4-7-14)5-8-16(19)18-10-9-15(17)11-18;/h3-4,6-7,12,15H,5,8-11,17H2,1-2H3;1H/t15-;/m1./s1. The average Bonchev–Trinajstić information content (AvgIpc) is 2.83. The average molecular weight is 297 g/mol. The molecule has 0 aromatic heterocycles. The van der Waals surface area contributed by atoms with E-state index in [4.69, 9.17) is 5.73 Å². The molecule has 1 aromatic rings. The zero-order chi connectivity index (χ0) is 13.8. The highest BCUT2D eigenvalue weighted by atomic mass is 35.5. The number of carbonyl (C=O) groups excluding carboxylic acids is 1. The maximum Gasteiger partial charge on any atom is 0.222 e. The second kappa shape index (κ2) is 7.65.